The number of aliphatic carboxylic acids is 1. The first kappa shape index (κ1) is 36.5. The number of aliphatic hydroxyl groups excluding tert-OH is 12. The predicted molar refractivity (Wildman–Crippen MR) is 133 cm³/mol. The average Bonchev–Trinajstić information content (AvgIpc) is 3.00. The molecule has 0 aliphatic carbocycles. The van der Waals surface area contributed by atoms with Gasteiger partial charge in [0, 0.05) is 0 Å². The second-order valence-corrected chi connectivity index (χ2v) is 11.2. The standard InChI is InChI=1S/C24H40O21/c1-4-16(9(29)12(32)21(38)39-4)42-24-15(35)11(31)18(19(45-24)20(36)37)44-23-14(34)10(30)17(6(3-26)41-23)43-22-13(33)8(28)7(27)5(2-25)40-22/h4-19,21-35,38H,2-3H2,1H3,(H,36,37)/t4-,5+,6+,7+,8-,9-,10+,11+,12-,13+,14+,15+,16+,17+,18-,19-,21-,22-,23+,24+/m0/s1. The molecule has 45 heavy (non-hydrogen) atoms. The third-order valence-electron chi connectivity index (χ3n) is 8.13. The molecule has 13 N–H and O–H groups in total. The number of hydrogen-bond acceptors (Lipinski definition) is 20. The van der Waals surface area contributed by atoms with Gasteiger partial charge in [-0.1, -0.05) is 0 Å². The van der Waals surface area contributed by atoms with E-state index in [1.54, 1.807) is 0 Å². The first-order valence-corrected chi connectivity index (χ1v) is 14.0. The zero-order chi connectivity index (χ0) is 33.5. The summed E-state index contributed by atoms with van der Waals surface area (Å²) < 4.78 is 37.3. The molecular weight excluding hydrogens is 624 g/mol. The molecule has 0 aromatic heterocycles. The van der Waals surface area contributed by atoms with Crippen LogP contribution in [0.5, 0.6) is 0 Å². The molecule has 20 atom stereocenters. The third-order valence-corrected chi connectivity index (χ3v) is 8.13. The van der Waals surface area contributed by atoms with E-state index in [1.165, 1.54) is 6.92 Å². The quantitative estimate of drug-likeness (QED) is 0.109. The Hall–Kier alpha value is -1.29. The Balaban J connectivity index is 1.46. The molecule has 262 valence electrons. The van der Waals surface area contributed by atoms with Crippen molar-refractivity contribution in [3.8, 4) is 0 Å². The fraction of sp³-hybridized carbons (Fsp3) is 0.958. The minimum absolute atomic E-state index is 0.802. The molecule has 21 nitrogen and oxygen atoms in total. The highest BCUT2D eigenvalue weighted by Crippen LogP contribution is 2.34. The summed E-state index contributed by atoms with van der Waals surface area (Å²) in [4.78, 5) is 12.1. The van der Waals surface area contributed by atoms with Crippen molar-refractivity contribution in [2.24, 2.45) is 0 Å². The summed E-state index contributed by atoms with van der Waals surface area (Å²) in [6, 6.07) is 0. The summed E-state index contributed by atoms with van der Waals surface area (Å²) in [6.45, 7) is -0.417. The number of rotatable bonds is 9. The van der Waals surface area contributed by atoms with Crippen LogP contribution in [-0.2, 0) is 38.0 Å². The molecule has 0 amide bonds. The van der Waals surface area contributed by atoms with Gasteiger partial charge in [0.25, 0.3) is 0 Å². The maximum Gasteiger partial charge on any atom is 0.335 e. The summed E-state index contributed by atoms with van der Waals surface area (Å²) in [5.74, 6) is -1.77. The Morgan fingerprint density at radius 3 is 1.53 bits per heavy atom. The highest BCUT2D eigenvalue weighted by atomic mass is 16.8. The van der Waals surface area contributed by atoms with E-state index in [1.807, 2.05) is 0 Å². The van der Waals surface area contributed by atoms with E-state index >= 15 is 0 Å². The minimum Gasteiger partial charge on any atom is -0.479 e. The van der Waals surface area contributed by atoms with E-state index < -0.39 is 142 Å². The first-order chi connectivity index (χ1) is 21.1. The summed E-state index contributed by atoms with van der Waals surface area (Å²) in [5.41, 5.74) is 0. The summed E-state index contributed by atoms with van der Waals surface area (Å²) in [5, 5.41) is 132. The number of carboxylic acids is 1. The van der Waals surface area contributed by atoms with Crippen LogP contribution in [0.15, 0.2) is 0 Å². The van der Waals surface area contributed by atoms with E-state index in [-0.39, 0.29) is 0 Å². The zero-order valence-corrected chi connectivity index (χ0v) is 23.5. The average molecular weight is 665 g/mol. The molecule has 0 radical (unpaired) electrons. The van der Waals surface area contributed by atoms with Crippen LogP contribution in [0.3, 0.4) is 0 Å². The monoisotopic (exact) mass is 664 g/mol. The van der Waals surface area contributed by atoms with E-state index in [0.29, 0.717) is 0 Å². The molecule has 4 aliphatic heterocycles. The fourth-order valence-electron chi connectivity index (χ4n) is 5.49. The van der Waals surface area contributed by atoms with Crippen LogP contribution >= 0.6 is 0 Å². The second kappa shape index (κ2) is 14.9. The summed E-state index contributed by atoms with van der Waals surface area (Å²) in [6.07, 6.45) is -36.5. The maximum atomic E-state index is 12.1. The number of carboxylic acid groups (broad SMARTS) is 1. The molecule has 4 rings (SSSR count). The molecule has 4 heterocycles. The van der Waals surface area contributed by atoms with Gasteiger partial charge in [-0.2, -0.15) is 0 Å². The van der Waals surface area contributed by atoms with E-state index in [9.17, 15) is 71.2 Å². The van der Waals surface area contributed by atoms with Crippen molar-refractivity contribution in [3.05, 3.63) is 0 Å². The molecule has 0 spiro atoms. The molecule has 0 aromatic rings. The van der Waals surface area contributed by atoms with Gasteiger partial charge in [-0.05, 0) is 6.92 Å². The molecule has 21 heteroatoms. The lowest BCUT2D eigenvalue weighted by Gasteiger charge is -2.48. The van der Waals surface area contributed by atoms with Crippen LogP contribution in [0, 0.1) is 0 Å². The van der Waals surface area contributed by atoms with Gasteiger partial charge in [0.05, 0.1) is 19.3 Å². The van der Waals surface area contributed by atoms with Crippen LogP contribution < -0.4 is 0 Å². The van der Waals surface area contributed by atoms with Gasteiger partial charge in [-0.25, -0.2) is 4.79 Å². The topological polar surface area (TPSA) is 345 Å². The molecule has 4 aliphatic rings. The van der Waals surface area contributed by atoms with E-state index in [0.717, 1.165) is 0 Å². The molecule has 0 aromatic carbocycles. The molecule has 4 fully saturated rings. The van der Waals surface area contributed by atoms with Crippen LogP contribution in [0.1, 0.15) is 6.92 Å². The second-order valence-electron chi connectivity index (χ2n) is 11.2. The number of hydrogen-bond donors (Lipinski definition) is 13. The van der Waals surface area contributed by atoms with Crippen molar-refractivity contribution < 1.29 is 104 Å². The Kier molecular flexibility index (Phi) is 12.1. The number of ether oxygens (including phenoxy) is 7. The SMILES string of the molecule is C[C@@H]1O[C@H](O)[C@@H](O)[C@H](O)[C@@H]1O[C@@H]1O[C@H](C(=O)O)[C@@H](O[C@H]2O[C@H](CO)[C@@H](O[C@@H]3O[C@H](CO)[C@@H](O)[C@H](O)[C@H]3O)[C@H](O)[C@H]2O)[C@H](O)[C@H]1O. The largest absolute Gasteiger partial charge is 0.479 e. The van der Waals surface area contributed by atoms with Crippen molar-refractivity contribution >= 4 is 5.97 Å². The molecule has 4 saturated heterocycles. The number of aliphatic hydroxyl groups is 12. The maximum absolute atomic E-state index is 12.1. The smallest absolute Gasteiger partial charge is 0.335 e. The number of carbonyl (C=O) groups is 1. The molecular formula is C24H40O21. The zero-order valence-electron chi connectivity index (χ0n) is 23.5. The Labute approximate surface area is 253 Å². The molecule has 0 saturated carbocycles. The minimum atomic E-state index is -2.15. The lowest BCUT2D eigenvalue weighted by Crippen LogP contribution is -2.67. The van der Waals surface area contributed by atoms with Gasteiger partial charge in [0.2, 0.25) is 0 Å². The normalized spacial score (nSPS) is 52.8. The summed E-state index contributed by atoms with van der Waals surface area (Å²) in [7, 11) is 0. The highest BCUT2D eigenvalue weighted by molar-refractivity contribution is 5.73. The van der Waals surface area contributed by atoms with Crippen molar-refractivity contribution in [3.63, 3.8) is 0 Å². The molecule has 0 unspecified atom stereocenters. The van der Waals surface area contributed by atoms with Crippen LogP contribution in [0.25, 0.3) is 0 Å². The highest BCUT2D eigenvalue weighted by Gasteiger charge is 2.56. The Morgan fingerprint density at radius 2 is 0.978 bits per heavy atom. The first-order valence-electron chi connectivity index (χ1n) is 14.0. The van der Waals surface area contributed by atoms with Gasteiger partial charge < -0.3 is 99.5 Å². The van der Waals surface area contributed by atoms with Crippen molar-refractivity contribution in [1.29, 1.82) is 0 Å². The van der Waals surface area contributed by atoms with Crippen LogP contribution in [0.4, 0.5) is 0 Å². The van der Waals surface area contributed by atoms with Crippen molar-refractivity contribution in [1.82, 2.24) is 0 Å². The molecule has 0 bridgehead atoms. The lowest BCUT2D eigenvalue weighted by molar-refractivity contribution is -0.383. The Morgan fingerprint density at radius 1 is 0.533 bits per heavy atom. The van der Waals surface area contributed by atoms with Crippen molar-refractivity contribution in [2.45, 2.75) is 130 Å². The van der Waals surface area contributed by atoms with Gasteiger partial charge in [0.1, 0.15) is 85.5 Å². The van der Waals surface area contributed by atoms with Crippen LogP contribution in [-0.4, -0.2) is 208 Å². The van der Waals surface area contributed by atoms with Gasteiger partial charge in [-0.3, -0.25) is 0 Å². The summed E-state index contributed by atoms with van der Waals surface area (Å²) >= 11 is 0. The predicted octanol–water partition coefficient (Wildman–Crippen LogP) is -8.63. The third kappa shape index (κ3) is 7.26. The van der Waals surface area contributed by atoms with Crippen molar-refractivity contribution in [2.75, 3.05) is 13.2 Å². The van der Waals surface area contributed by atoms with Gasteiger partial charge in [-0.15, -0.1) is 0 Å². The fourth-order valence-corrected chi connectivity index (χ4v) is 5.49. The van der Waals surface area contributed by atoms with E-state index in [4.69, 9.17) is 33.2 Å². The van der Waals surface area contributed by atoms with E-state index in [2.05, 4.69) is 0 Å². The van der Waals surface area contributed by atoms with Crippen LogP contribution in [0.2, 0.25) is 0 Å². The lowest BCUT2D eigenvalue weighted by atomic mass is 9.95. The van der Waals surface area contributed by atoms with Gasteiger partial charge in [0.15, 0.2) is 31.3 Å². The Bertz CT molecular complexity index is 971. The van der Waals surface area contributed by atoms with Gasteiger partial charge >= 0.3 is 5.97 Å².